The van der Waals surface area contributed by atoms with Gasteiger partial charge in [-0.25, -0.2) is 0 Å². The first-order chi connectivity index (χ1) is 11.1. The first-order valence-electron chi connectivity index (χ1n) is 7.95. The standard InChI is InChI=1S/C15H23F3N2O4/c1-3-4-8-24-13(22)11(9(2)19)12(21)10-6-5-7-20(10)14(23)15(16,17)18/h9-11H,3-8,19H2,1-2H3/t9?,10-,11?/m0/s1. The summed E-state index contributed by atoms with van der Waals surface area (Å²) in [6, 6.07) is -2.22. The minimum Gasteiger partial charge on any atom is -0.465 e. The van der Waals surface area contributed by atoms with Gasteiger partial charge in [-0.2, -0.15) is 13.2 Å². The van der Waals surface area contributed by atoms with Crippen molar-refractivity contribution < 1.29 is 32.3 Å². The Labute approximate surface area is 138 Å². The first kappa shape index (κ1) is 20.4. The number of carbonyl (C=O) groups excluding carboxylic acids is 3. The molecule has 0 bridgehead atoms. The number of hydrogen-bond acceptors (Lipinski definition) is 5. The molecule has 24 heavy (non-hydrogen) atoms. The largest absolute Gasteiger partial charge is 0.471 e. The van der Waals surface area contributed by atoms with Crippen LogP contribution in [-0.2, 0) is 19.1 Å². The molecule has 0 saturated carbocycles. The van der Waals surface area contributed by atoms with Crippen LogP contribution in [0.2, 0.25) is 0 Å². The van der Waals surface area contributed by atoms with Crippen LogP contribution in [0.5, 0.6) is 0 Å². The van der Waals surface area contributed by atoms with Crippen molar-refractivity contribution in [2.24, 2.45) is 11.7 Å². The second-order valence-electron chi connectivity index (χ2n) is 5.91. The Bertz CT molecular complexity index is 480. The molecular weight excluding hydrogens is 329 g/mol. The number of hydrogen-bond donors (Lipinski definition) is 1. The van der Waals surface area contributed by atoms with Crippen molar-refractivity contribution in [2.75, 3.05) is 13.2 Å². The van der Waals surface area contributed by atoms with E-state index < -0.39 is 41.8 Å². The van der Waals surface area contributed by atoms with Crippen LogP contribution in [0.4, 0.5) is 13.2 Å². The zero-order valence-electron chi connectivity index (χ0n) is 13.8. The highest BCUT2D eigenvalue weighted by molar-refractivity contribution is 6.04. The van der Waals surface area contributed by atoms with Gasteiger partial charge in [0.15, 0.2) is 5.78 Å². The Balaban J connectivity index is 2.89. The van der Waals surface area contributed by atoms with Crippen molar-refractivity contribution in [2.45, 2.75) is 57.8 Å². The third-order valence-corrected chi connectivity index (χ3v) is 3.91. The number of unbranched alkanes of at least 4 members (excludes halogenated alkanes) is 1. The highest BCUT2D eigenvalue weighted by Gasteiger charge is 2.49. The van der Waals surface area contributed by atoms with Crippen LogP contribution in [0.15, 0.2) is 0 Å². The van der Waals surface area contributed by atoms with Gasteiger partial charge in [0.1, 0.15) is 5.92 Å². The number of Topliss-reactive ketones (excluding diaryl/α,β-unsaturated/α-hetero) is 1. The number of rotatable bonds is 7. The first-order valence-corrected chi connectivity index (χ1v) is 7.95. The SMILES string of the molecule is CCCCOC(=O)C(C(=O)[C@@H]1CCCN1C(=O)C(F)(F)F)C(C)N. The quantitative estimate of drug-likeness (QED) is 0.425. The number of carbonyl (C=O) groups is 3. The van der Waals surface area contributed by atoms with Crippen LogP contribution in [-0.4, -0.2) is 54.0 Å². The lowest BCUT2D eigenvalue weighted by Crippen LogP contribution is -2.52. The Hall–Kier alpha value is -1.64. The van der Waals surface area contributed by atoms with Gasteiger partial charge in [0.05, 0.1) is 12.6 Å². The number of amides is 1. The molecule has 0 radical (unpaired) electrons. The third kappa shape index (κ3) is 4.93. The van der Waals surface area contributed by atoms with E-state index >= 15 is 0 Å². The van der Waals surface area contributed by atoms with E-state index in [9.17, 15) is 27.6 Å². The molecule has 1 rings (SSSR count). The fourth-order valence-electron chi connectivity index (χ4n) is 2.67. The topological polar surface area (TPSA) is 89.7 Å². The number of likely N-dealkylation sites (tertiary alicyclic amines) is 1. The molecule has 1 aliphatic rings. The molecule has 0 aromatic carbocycles. The minimum atomic E-state index is -5.06. The Morgan fingerprint density at radius 2 is 1.96 bits per heavy atom. The number of ketones is 1. The monoisotopic (exact) mass is 352 g/mol. The van der Waals surface area contributed by atoms with Crippen molar-refractivity contribution in [3.8, 4) is 0 Å². The van der Waals surface area contributed by atoms with Crippen LogP contribution in [0.1, 0.15) is 39.5 Å². The van der Waals surface area contributed by atoms with E-state index in [1.807, 2.05) is 6.92 Å². The van der Waals surface area contributed by atoms with E-state index in [-0.39, 0.29) is 26.0 Å². The maximum absolute atomic E-state index is 12.6. The molecular formula is C15H23F3N2O4. The number of halogens is 3. The van der Waals surface area contributed by atoms with Crippen molar-refractivity contribution in [3.63, 3.8) is 0 Å². The second-order valence-corrected chi connectivity index (χ2v) is 5.91. The number of nitrogens with zero attached hydrogens (tertiary/aromatic N) is 1. The van der Waals surface area contributed by atoms with Gasteiger partial charge in [-0.15, -0.1) is 0 Å². The number of ether oxygens (including phenoxy) is 1. The normalized spacial score (nSPS) is 20.6. The molecule has 9 heteroatoms. The maximum atomic E-state index is 12.6. The number of esters is 1. The molecule has 6 nitrogen and oxygen atoms in total. The van der Waals surface area contributed by atoms with Crippen LogP contribution in [0.3, 0.4) is 0 Å². The Kier molecular flexibility index (Phi) is 7.19. The van der Waals surface area contributed by atoms with Gasteiger partial charge < -0.3 is 15.4 Å². The molecule has 1 aliphatic heterocycles. The van der Waals surface area contributed by atoms with Gasteiger partial charge in [-0.3, -0.25) is 14.4 Å². The third-order valence-electron chi connectivity index (χ3n) is 3.91. The van der Waals surface area contributed by atoms with Crippen molar-refractivity contribution in [1.82, 2.24) is 4.90 Å². The van der Waals surface area contributed by atoms with Crippen molar-refractivity contribution in [1.29, 1.82) is 0 Å². The summed E-state index contributed by atoms with van der Waals surface area (Å²) in [4.78, 5) is 36.6. The lowest BCUT2D eigenvalue weighted by atomic mass is 9.91. The molecule has 1 fully saturated rings. The number of nitrogens with two attached hydrogens (primary N) is 1. The summed E-state index contributed by atoms with van der Waals surface area (Å²) < 4.78 is 42.9. The molecule has 1 saturated heterocycles. The molecule has 138 valence electrons. The van der Waals surface area contributed by atoms with Crippen LogP contribution < -0.4 is 5.73 Å². The van der Waals surface area contributed by atoms with Gasteiger partial charge in [0.2, 0.25) is 0 Å². The Morgan fingerprint density at radius 3 is 2.46 bits per heavy atom. The molecule has 2 unspecified atom stereocenters. The predicted octanol–water partition coefficient (Wildman–Crippen LogP) is 1.42. The van der Waals surface area contributed by atoms with E-state index in [1.54, 1.807) is 0 Å². The van der Waals surface area contributed by atoms with Gasteiger partial charge in [-0.05, 0) is 26.2 Å². The summed E-state index contributed by atoms with van der Waals surface area (Å²) in [5.74, 6) is -5.09. The minimum absolute atomic E-state index is 0.0755. The van der Waals surface area contributed by atoms with E-state index in [2.05, 4.69) is 0 Å². The van der Waals surface area contributed by atoms with Crippen LogP contribution >= 0.6 is 0 Å². The fraction of sp³-hybridized carbons (Fsp3) is 0.800. The summed E-state index contributed by atoms with van der Waals surface area (Å²) in [6.07, 6.45) is -3.34. The molecule has 0 aromatic heterocycles. The molecule has 1 heterocycles. The Morgan fingerprint density at radius 1 is 1.33 bits per heavy atom. The van der Waals surface area contributed by atoms with Crippen LogP contribution in [0.25, 0.3) is 0 Å². The summed E-state index contributed by atoms with van der Waals surface area (Å²) >= 11 is 0. The second kappa shape index (κ2) is 8.46. The molecule has 0 aliphatic carbocycles. The van der Waals surface area contributed by atoms with Crippen molar-refractivity contribution >= 4 is 17.7 Å². The molecule has 2 N–H and O–H groups in total. The summed E-state index contributed by atoms with van der Waals surface area (Å²) in [5, 5.41) is 0. The van der Waals surface area contributed by atoms with E-state index in [4.69, 9.17) is 10.5 Å². The average Bonchev–Trinajstić information content (AvgIpc) is 2.94. The van der Waals surface area contributed by atoms with E-state index in [0.29, 0.717) is 11.3 Å². The summed E-state index contributed by atoms with van der Waals surface area (Å²) in [7, 11) is 0. The molecule has 3 atom stereocenters. The van der Waals surface area contributed by atoms with E-state index in [1.165, 1.54) is 6.92 Å². The molecule has 1 amide bonds. The fourth-order valence-corrected chi connectivity index (χ4v) is 2.67. The summed E-state index contributed by atoms with van der Waals surface area (Å²) in [6.45, 7) is 3.24. The molecule has 0 spiro atoms. The van der Waals surface area contributed by atoms with Gasteiger partial charge >= 0.3 is 18.1 Å². The van der Waals surface area contributed by atoms with Gasteiger partial charge in [0.25, 0.3) is 0 Å². The van der Waals surface area contributed by atoms with E-state index in [0.717, 1.165) is 6.42 Å². The van der Waals surface area contributed by atoms with Crippen molar-refractivity contribution in [3.05, 3.63) is 0 Å². The zero-order chi connectivity index (χ0) is 18.5. The predicted molar refractivity (Wildman–Crippen MR) is 78.8 cm³/mol. The molecule has 0 aromatic rings. The number of alkyl halides is 3. The smallest absolute Gasteiger partial charge is 0.465 e. The highest BCUT2D eigenvalue weighted by atomic mass is 19.4. The van der Waals surface area contributed by atoms with Crippen LogP contribution in [0, 0.1) is 5.92 Å². The van der Waals surface area contributed by atoms with Gasteiger partial charge in [0, 0.05) is 12.6 Å². The lowest BCUT2D eigenvalue weighted by molar-refractivity contribution is -0.187. The zero-order valence-corrected chi connectivity index (χ0v) is 13.8. The average molecular weight is 352 g/mol. The highest BCUT2D eigenvalue weighted by Crippen LogP contribution is 2.28. The maximum Gasteiger partial charge on any atom is 0.471 e. The summed E-state index contributed by atoms with van der Waals surface area (Å²) in [5.41, 5.74) is 5.67. The van der Waals surface area contributed by atoms with Gasteiger partial charge in [-0.1, -0.05) is 13.3 Å². The lowest BCUT2D eigenvalue weighted by Gasteiger charge is -2.28.